The Hall–Kier alpha value is -1.43. The molecule has 2 saturated heterocycles. The average Bonchev–Trinajstić information content (AvgIpc) is 3.45. The predicted octanol–water partition coefficient (Wildman–Crippen LogP) is 1.87. The number of hydrogen-bond donors (Lipinski definition) is 3. The third-order valence-corrected chi connectivity index (χ3v) is 6.42. The maximum atomic E-state index is 12.7. The van der Waals surface area contributed by atoms with Crippen LogP contribution in [0, 0.1) is 11.8 Å². The molecule has 5 nitrogen and oxygen atoms in total. The number of carbonyl (C=O) groups is 1. The van der Waals surface area contributed by atoms with E-state index in [-0.39, 0.29) is 17.9 Å². The summed E-state index contributed by atoms with van der Waals surface area (Å²) in [6, 6.07) is 11.4. The van der Waals surface area contributed by atoms with Gasteiger partial charge in [-0.25, -0.2) is 0 Å². The number of carbonyl (C=O) groups excluding carboxylic acids is 1. The Bertz CT molecular complexity index is 595. The number of amides is 1. The van der Waals surface area contributed by atoms with Crippen LogP contribution in [0.25, 0.3) is 0 Å². The summed E-state index contributed by atoms with van der Waals surface area (Å²) in [7, 11) is 0. The fourth-order valence-corrected chi connectivity index (χ4v) is 4.64. The van der Waals surface area contributed by atoms with Crippen LogP contribution in [0.1, 0.15) is 44.1 Å². The van der Waals surface area contributed by atoms with Gasteiger partial charge >= 0.3 is 0 Å². The van der Waals surface area contributed by atoms with Crippen LogP contribution in [0.5, 0.6) is 0 Å². The van der Waals surface area contributed by atoms with Gasteiger partial charge in [-0.3, -0.25) is 15.6 Å². The molecule has 1 saturated carbocycles. The molecule has 5 heteroatoms. The smallest absolute Gasteiger partial charge is 0.226 e. The van der Waals surface area contributed by atoms with Crippen LogP contribution in [-0.4, -0.2) is 49.1 Å². The predicted molar refractivity (Wildman–Crippen MR) is 104 cm³/mol. The molecule has 0 spiro atoms. The van der Waals surface area contributed by atoms with Crippen molar-refractivity contribution >= 4 is 5.91 Å². The fourth-order valence-electron chi connectivity index (χ4n) is 4.64. The van der Waals surface area contributed by atoms with Crippen LogP contribution in [0.4, 0.5) is 0 Å². The molecule has 0 aromatic heterocycles. The van der Waals surface area contributed by atoms with E-state index in [9.17, 15) is 4.79 Å². The Balaban J connectivity index is 1.19. The summed E-state index contributed by atoms with van der Waals surface area (Å²) in [5.41, 5.74) is 8.07. The lowest BCUT2D eigenvalue weighted by molar-refractivity contribution is -0.125. The topological polar surface area (TPSA) is 56.4 Å². The highest BCUT2D eigenvalue weighted by Gasteiger charge is 2.46. The summed E-state index contributed by atoms with van der Waals surface area (Å²) in [5.74, 6) is 1.65. The van der Waals surface area contributed by atoms with Crippen molar-refractivity contribution in [2.45, 2.75) is 50.6 Å². The lowest BCUT2D eigenvalue weighted by Crippen LogP contribution is -2.45. The standard InChI is InChI=1S/C21H32N4O/c1-15-19(20(24-23-15)18-7-8-18)21(26)22-11-14-25-12-9-17(10-13-25)16-5-3-2-4-6-16/h2-6,15,17-20,23-24H,7-14H2,1H3,(H,22,26). The molecule has 3 N–H and O–H groups in total. The molecule has 1 aromatic carbocycles. The third-order valence-electron chi connectivity index (χ3n) is 6.42. The lowest BCUT2D eigenvalue weighted by Gasteiger charge is -2.32. The Morgan fingerprint density at radius 2 is 1.85 bits per heavy atom. The second-order valence-corrected chi connectivity index (χ2v) is 8.28. The first kappa shape index (κ1) is 18.0. The van der Waals surface area contributed by atoms with Crippen molar-refractivity contribution in [3.8, 4) is 0 Å². The molecule has 3 fully saturated rings. The zero-order valence-electron chi connectivity index (χ0n) is 15.8. The van der Waals surface area contributed by atoms with Gasteiger partial charge in [-0.15, -0.1) is 0 Å². The van der Waals surface area contributed by atoms with Crippen LogP contribution in [0.15, 0.2) is 30.3 Å². The van der Waals surface area contributed by atoms with Crippen molar-refractivity contribution in [1.82, 2.24) is 21.1 Å². The van der Waals surface area contributed by atoms with Gasteiger partial charge in [-0.2, -0.15) is 0 Å². The summed E-state index contributed by atoms with van der Waals surface area (Å²) in [6.07, 6.45) is 4.95. The van der Waals surface area contributed by atoms with Gasteiger partial charge in [0.25, 0.3) is 0 Å². The van der Waals surface area contributed by atoms with Gasteiger partial charge in [0.05, 0.1) is 5.92 Å². The van der Waals surface area contributed by atoms with Crippen molar-refractivity contribution in [3.05, 3.63) is 35.9 Å². The number of rotatable bonds is 6. The molecule has 0 bridgehead atoms. The summed E-state index contributed by atoms with van der Waals surface area (Å²) < 4.78 is 0. The van der Waals surface area contributed by atoms with Crippen LogP contribution in [0.3, 0.4) is 0 Å². The van der Waals surface area contributed by atoms with Crippen molar-refractivity contribution < 1.29 is 4.79 Å². The van der Waals surface area contributed by atoms with E-state index in [1.807, 2.05) is 0 Å². The van der Waals surface area contributed by atoms with Gasteiger partial charge in [0.2, 0.25) is 5.91 Å². The molecule has 2 aliphatic heterocycles. The van der Waals surface area contributed by atoms with Gasteiger partial charge in [-0.1, -0.05) is 30.3 Å². The van der Waals surface area contributed by atoms with Gasteiger partial charge in [0, 0.05) is 25.2 Å². The van der Waals surface area contributed by atoms with E-state index in [0.717, 1.165) is 26.2 Å². The molecule has 3 aliphatic rings. The number of likely N-dealkylation sites (tertiary alicyclic amines) is 1. The van der Waals surface area contributed by atoms with E-state index >= 15 is 0 Å². The van der Waals surface area contributed by atoms with Gasteiger partial charge in [-0.05, 0) is 63.1 Å². The average molecular weight is 357 g/mol. The number of nitrogens with zero attached hydrogens (tertiary/aromatic N) is 1. The highest BCUT2D eigenvalue weighted by atomic mass is 16.2. The Morgan fingerprint density at radius 3 is 2.54 bits per heavy atom. The van der Waals surface area contributed by atoms with Gasteiger partial charge < -0.3 is 10.2 Å². The zero-order chi connectivity index (χ0) is 17.9. The minimum Gasteiger partial charge on any atom is -0.354 e. The molecule has 3 atom stereocenters. The van der Waals surface area contributed by atoms with E-state index in [4.69, 9.17) is 0 Å². The zero-order valence-corrected chi connectivity index (χ0v) is 15.8. The summed E-state index contributed by atoms with van der Waals surface area (Å²) in [5, 5.41) is 3.20. The fraction of sp³-hybridized carbons (Fsp3) is 0.667. The molecular weight excluding hydrogens is 324 g/mol. The van der Waals surface area contributed by atoms with Crippen molar-refractivity contribution in [3.63, 3.8) is 0 Å². The van der Waals surface area contributed by atoms with E-state index in [1.54, 1.807) is 0 Å². The molecule has 2 heterocycles. The van der Waals surface area contributed by atoms with Crippen LogP contribution in [-0.2, 0) is 4.79 Å². The first-order valence-corrected chi connectivity index (χ1v) is 10.3. The summed E-state index contributed by atoms with van der Waals surface area (Å²) in [6.45, 7) is 6.08. The molecule has 3 unspecified atom stereocenters. The number of hydrazine groups is 1. The maximum absolute atomic E-state index is 12.7. The molecule has 1 aromatic rings. The van der Waals surface area contributed by atoms with Crippen LogP contribution >= 0.6 is 0 Å². The molecule has 26 heavy (non-hydrogen) atoms. The Labute approximate surface area is 156 Å². The quantitative estimate of drug-likeness (QED) is 0.728. The number of piperidine rings is 1. The second kappa shape index (κ2) is 8.07. The first-order chi connectivity index (χ1) is 12.7. The van der Waals surface area contributed by atoms with E-state index in [1.165, 1.54) is 31.2 Å². The number of nitrogens with one attached hydrogen (secondary N) is 3. The second-order valence-electron chi connectivity index (χ2n) is 8.28. The molecule has 4 rings (SSSR count). The van der Waals surface area contributed by atoms with Crippen LogP contribution in [0.2, 0.25) is 0 Å². The molecular formula is C21H32N4O. The summed E-state index contributed by atoms with van der Waals surface area (Å²) in [4.78, 5) is 15.2. The van der Waals surface area contributed by atoms with Gasteiger partial charge in [0.1, 0.15) is 0 Å². The number of hydrogen-bond acceptors (Lipinski definition) is 4. The third kappa shape index (κ3) is 4.11. The molecule has 142 valence electrons. The van der Waals surface area contributed by atoms with Crippen molar-refractivity contribution in [1.29, 1.82) is 0 Å². The minimum atomic E-state index is 0.0614. The van der Waals surface area contributed by atoms with E-state index in [2.05, 4.69) is 58.3 Å². The number of benzene rings is 1. The Kier molecular flexibility index (Phi) is 5.57. The van der Waals surface area contributed by atoms with E-state index in [0.29, 0.717) is 17.9 Å². The maximum Gasteiger partial charge on any atom is 0.226 e. The normalized spacial score (nSPS) is 30.4. The van der Waals surface area contributed by atoms with E-state index < -0.39 is 0 Å². The van der Waals surface area contributed by atoms with Crippen molar-refractivity contribution in [2.75, 3.05) is 26.2 Å². The Morgan fingerprint density at radius 1 is 1.12 bits per heavy atom. The monoisotopic (exact) mass is 356 g/mol. The largest absolute Gasteiger partial charge is 0.354 e. The van der Waals surface area contributed by atoms with Crippen molar-refractivity contribution in [2.24, 2.45) is 11.8 Å². The minimum absolute atomic E-state index is 0.0614. The highest BCUT2D eigenvalue weighted by Crippen LogP contribution is 2.38. The molecule has 1 aliphatic carbocycles. The first-order valence-electron chi connectivity index (χ1n) is 10.3. The molecule has 0 radical (unpaired) electrons. The molecule has 1 amide bonds. The SMILES string of the molecule is CC1NNC(C2CC2)C1C(=O)NCCN1CCC(c2ccccc2)CC1. The summed E-state index contributed by atoms with van der Waals surface area (Å²) >= 11 is 0. The lowest BCUT2D eigenvalue weighted by atomic mass is 9.89. The van der Waals surface area contributed by atoms with Crippen LogP contribution < -0.4 is 16.2 Å². The highest BCUT2D eigenvalue weighted by molar-refractivity contribution is 5.80. The van der Waals surface area contributed by atoms with Gasteiger partial charge in [0.15, 0.2) is 0 Å².